The SMILES string of the molecule is Cc1ccc2c(c1)N=Cc1cccc(Cl)c1O2. The summed E-state index contributed by atoms with van der Waals surface area (Å²) < 4.78 is 5.83. The number of hydrogen-bond acceptors (Lipinski definition) is 2. The van der Waals surface area contributed by atoms with Crippen LogP contribution in [-0.4, -0.2) is 6.21 Å². The third-order valence-electron chi connectivity index (χ3n) is 2.67. The van der Waals surface area contributed by atoms with Crippen LogP contribution in [0.5, 0.6) is 11.5 Å². The van der Waals surface area contributed by atoms with Gasteiger partial charge in [-0.1, -0.05) is 23.7 Å². The Morgan fingerprint density at radius 3 is 2.94 bits per heavy atom. The highest BCUT2D eigenvalue weighted by atomic mass is 35.5. The fourth-order valence-electron chi connectivity index (χ4n) is 1.80. The van der Waals surface area contributed by atoms with Gasteiger partial charge in [-0.05, 0) is 36.8 Å². The lowest BCUT2D eigenvalue weighted by molar-refractivity contribution is 0.485. The zero-order valence-corrected chi connectivity index (χ0v) is 10.0. The number of fused-ring (bicyclic) bond motifs is 2. The molecule has 17 heavy (non-hydrogen) atoms. The van der Waals surface area contributed by atoms with E-state index in [-0.39, 0.29) is 0 Å². The molecule has 0 fully saturated rings. The molecule has 3 heteroatoms. The Balaban J connectivity index is 2.20. The van der Waals surface area contributed by atoms with E-state index in [2.05, 4.69) is 4.99 Å². The first-order chi connectivity index (χ1) is 8.24. The Bertz CT molecular complexity index is 620. The second-order valence-electron chi connectivity index (χ2n) is 3.99. The van der Waals surface area contributed by atoms with Crippen LogP contribution in [-0.2, 0) is 0 Å². The largest absolute Gasteiger partial charge is 0.453 e. The lowest BCUT2D eigenvalue weighted by atomic mass is 10.2. The van der Waals surface area contributed by atoms with Gasteiger partial charge >= 0.3 is 0 Å². The lowest BCUT2D eigenvalue weighted by Crippen LogP contribution is -1.89. The predicted octanol–water partition coefficient (Wildman–Crippen LogP) is 4.50. The molecule has 0 unspecified atom stereocenters. The van der Waals surface area contributed by atoms with Crippen LogP contribution in [0.2, 0.25) is 5.02 Å². The average Bonchev–Trinajstić information content (AvgIpc) is 2.49. The summed E-state index contributed by atoms with van der Waals surface area (Å²) >= 11 is 6.13. The number of benzene rings is 2. The Kier molecular flexibility index (Phi) is 2.37. The molecule has 84 valence electrons. The van der Waals surface area contributed by atoms with E-state index in [1.165, 1.54) is 0 Å². The normalized spacial score (nSPS) is 12.4. The van der Waals surface area contributed by atoms with E-state index in [4.69, 9.17) is 16.3 Å². The Morgan fingerprint density at radius 1 is 1.18 bits per heavy atom. The van der Waals surface area contributed by atoms with Crippen molar-refractivity contribution in [1.29, 1.82) is 0 Å². The molecule has 2 aromatic rings. The molecular weight excluding hydrogens is 234 g/mol. The molecule has 0 aliphatic carbocycles. The highest BCUT2D eigenvalue weighted by Gasteiger charge is 2.14. The Morgan fingerprint density at radius 2 is 2.06 bits per heavy atom. The van der Waals surface area contributed by atoms with Crippen molar-refractivity contribution in [2.45, 2.75) is 6.92 Å². The van der Waals surface area contributed by atoms with E-state index in [0.717, 1.165) is 22.6 Å². The van der Waals surface area contributed by atoms with Gasteiger partial charge in [0.2, 0.25) is 0 Å². The van der Waals surface area contributed by atoms with Gasteiger partial charge < -0.3 is 4.74 Å². The van der Waals surface area contributed by atoms with Crippen LogP contribution in [0.1, 0.15) is 11.1 Å². The van der Waals surface area contributed by atoms with E-state index in [9.17, 15) is 0 Å². The van der Waals surface area contributed by atoms with E-state index in [1.54, 1.807) is 6.21 Å². The fraction of sp³-hybridized carbons (Fsp3) is 0.0714. The second kappa shape index (κ2) is 3.90. The highest BCUT2D eigenvalue weighted by molar-refractivity contribution is 6.32. The van der Waals surface area contributed by atoms with Crippen LogP contribution in [0, 0.1) is 6.92 Å². The van der Waals surface area contributed by atoms with Crippen LogP contribution in [0.4, 0.5) is 5.69 Å². The van der Waals surface area contributed by atoms with Crippen molar-refractivity contribution in [3.8, 4) is 11.5 Å². The molecule has 2 aromatic carbocycles. The lowest BCUT2D eigenvalue weighted by Gasteiger charge is -2.09. The van der Waals surface area contributed by atoms with Crippen LogP contribution in [0.3, 0.4) is 0 Å². The van der Waals surface area contributed by atoms with Gasteiger partial charge in [-0.15, -0.1) is 0 Å². The molecule has 3 rings (SSSR count). The molecule has 0 radical (unpaired) electrons. The molecule has 1 heterocycles. The van der Waals surface area contributed by atoms with Gasteiger partial charge in [-0.3, -0.25) is 4.99 Å². The summed E-state index contributed by atoms with van der Waals surface area (Å²) in [6.07, 6.45) is 1.78. The minimum Gasteiger partial charge on any atom is -0.453 e. The van der Waals surface area contributed by atoms with Gasteiger partial charge in [0.25, 0.3) is 0 Å². The molecule has 0 amide bonds. The second-order valence-corrected chi connectivity index (χ2v) is 4.40. The summed E-state index contributed by atoms with van der Waals surface area (Å²) in [5, 5.41) is 0.599. The van der Waals surface area contributed by atoms with E-state index < -0.39 is 0 Å². The smallest absolute Gasteiger partial charge is 0.154 e. The molecule has 1 aliphatic heterocycles. The number of aryl methyl sites for hydroxylation is 1. The number of ether oxygens (including phenoxy) is 1. The number of hydrogen-bond donors (Lipinski definition) is 0. The molecule has 0 atom stereocenters. The highest BCUT2D eigenvalue weighted by Crippen LogP contribution is 2.39. The van der Waals surface area contributed by atoms with Gasteiger partial charge in [-0.25, -0.2) is 0 Å². The minimum absolute atomic E-state index is 0.599. The molecule has 2 nitrogen and oxygen atoms in total. The monoisotopic (exact) mass is 243 g/mol. The fourth-order valence-corrected chi connectivity index (χ4v) is 2.02. The van der Waals surface area contributed by atoms with Crippen molar-refractivity contribution in [2.75, 3.05) is 0 Å². The average molecular weight is 244 g/mol. The third kappa shape index (κ3) is 1.81. The number of halogens is 1. The first kappa shape index (κ1) is 10.4. The molecule has 0 aromatic heterocycles. The zero-order chi connectivity index (χ0) is 11.8. The van der Waals surface area contributed by atoms with Crippen LogP contribution in [0.15, 0.2) is 41.4 Å². The van der Waals surface area contributed by atoms with Crippen molar-refractivity contribution >= 4 is 23.5 Å². The molecule has 0 saturated carbocycles. The summed E-state index contributed by atoms with van der Waals surface area (Å²) in [6.45, 7) is 2.03. The standard InChI is InChI=1S/C14H10ClNO/c1-9-5-6-13-12(7-9)16-8-10-3-2-4-11(15)14(10)17-13/h2-8H,1H3. The summed E-state index contributed by atoms with van der Waals surface area (Å²) in [5.74, 6) is 1.40. The van der Waals surface area contributed by atoms with Gasteiger partial charge in [0.05, 0.1) is 5.02 Å². The summed E-state index contributed by atoms with van der Waals surface area (Å²) in [4.78, 5) is 4.42. The molecule has 0 saturated heterocycles. The van der Waals surface area contributed by atoms with Gasteiger partial charge in [0.1, 0.15) is 5.69 Å². The van der Waals surface area contributed by atoms with E-state index in [1.807, 2.05) is 43.3 Å². The van der Waals surface area contributed by atoms with Crippen LogP contribution in [0.25, 0.3) is 0 Å². The van der Waals surface area contributed by atoms with Crippen LogP contribution >= 0.6 is 11.6 Å². The summed E-state index contributed by atoms with van der Waals surface area (Å²) in [5.41, 5.74) is 2.88. The number of aliphatic imine (C=N–C) groups is 1. The maximum Gasteiger partial charge on any atom is 0.154 e. The van der Waals surface area contributed by atoms with Crippen molar-refractivity contribution in [3.05, 3.63) is 52.5 Å². The van der Waals surface area contributed by atoms with Crippen molar-refractivity contribution in [1.82, 2.24) is 0 Å². The van der Waals surface area contributed by atoms with Gasteiger partial charge in [0, 0.05) is 11.8 Å². The third-order valence-corrected chi connectivity index (χ3v) is 2.96. The van der Waals surface area contributed by atoms with Gasteiger partial charge in [-0.2, -0.15) is 0 Å². The van der Waals surface area contributed by atoms with Crippen molar-refractivity contribution in [2.24, 2.45) is 4.99 Å². The topological polar surface area (TPSA) is 21.6 Å². The van der Waals surface area contributed by atoms with Crippen LogP contribution < -0.4 is 4.74 Å². The first-order valence-corrected chi connectivity index (χ1v) is 5.73. The summed E-state index contributed by atoms with van der Waals surface area (Å²) in [6, 6.07) is 11.5. The molecule has 0 bridgehead atoms. The Hall–Kier alpha value is -1.80. The molecular formula is C14H10ClNO. The van der Waals surface area contributed by atoms with E-state index >= 15 is 0 Å². The maximum atomic E-state index is 6.13. The van der Waals surface area contributed by atoms with Crippen molar-refractivity contribution < 1.29 is 4.74 Å². The first-order valence-electron chi connectivity index (χ1n) is 5.35. The summed E-state index contributed by atoms with van der Waals surface area (Å²) in [7, 11) is 0. The number of nitrogens with zero attached hydrogens (tertiary/aromatic N) is 1. The number of rotatable bonds is 0. The zero-order valence-electron chi connectivity index (χ0n) is 9.27. The van der Waals surface area contributed by atoms with Gasteiger partial charge in [0.15, 0.2) is 11.5 Å². The maximum absolute atomic E-state index is 6.13. The van der Waals surface area contributed by atoms with E-state index in [0.29, 0.717) is 10.8 Å². The number of para-hydroxylation sites is 1. The quantitative estimate of drug-likeness (QED) is 0.569. The van der Waals surface area contributed by atoms with Crippen molar-refractivity contribution in [3.63, 3.8) is 0 Å². The minimum atomic E-state index is 0.599. The predicted molar refractivity (Wildman–Crippen MR) is 70.0 cm³/mol. The molecule has 0 spiro atoms. The Labute approximate surface area is 105 Å². The molecule has 1 aliphatic rings. The molecule has 0 N–H and O–H groups in total.